The average Bonchev–Trinajstić information content (AvgIpc) is 2.95. The van der Waals surface area contributed by atoms with Crippen LogP contribution < -0.4 is 14.8 Å². The number of benzene rings is 2. The Hall–Kier alpha value is -1.68. The van der Waals surface area contributed by atoms with Crippen molar-refractivity contribution in [3.05, 3.63) is 40.4 Å². The van der Waals surface area contributed by atoms with Crippen LogP contribution in [0.25, 0.3) is 11.1 Å². The molecule has 1 aliphatic rings. The van der Waals surface area contributed by atoms with Crippen LogP contribution >= 0.6 is 15.9 Å². The normalized spacial score (nSPS) is 12.8. The minimum atomic E-state index is 0.774. The van der Waals surface area contributed by atoms with Crippen LogP contribution in [0.3, 0.4) is 0 Å². The molecule has 104 valence electrons. The van der Waals surface area contributed by atoms with E-state index in [4.69, 9.17) is 9.47 Å². The van der Waals surface area contributed by atoms with E-state index >= 15 is 0 Å². The first-order valence-electron chi connectivity index (χ1n) is 6.53. The van der Waals surface area contributed by atoms with E-state index in [1.54, 1.807) is 14.2 Å². The Morgan fingerprint density at radius 3 is 2.65 bits per heavy atom. The van der Waals surface area contributed by atoms with Crippen molar-refractivity contribution < 1.29 is 9.47 Å². The third-order valence-electron chi connectivity index (χ3n) is 3.64. The summed E-state index contributed by atoms with van der Waals surface area (Å²) >= 11 is 3.56. The van der Waals surface area contributed by atoms with E-state index in [2.05, 4.69) is 45.5 Å². The highest BCUT2D eigenvalue weighted by Gasteiger charge is 2.20. The van der Waals surface area contributed by atoms with Gasteiger partial charge in [0.15, 0.2) is 0 Å². The zero-order valence-corrected chi connectivity index (χ0v) is 13.1. The molecule has 0 radical (unpaired) electrons. The Bertz CT molecular complexity index is 655. The zero-order chi connectivity index (χ0) is 14.1. The van der Waals surface area contributed by atoms with Crippen molar-refractivity contribution in [2.24, 2.45) is 0 Å². The summed E-state index contributed by atoms with van der Waals surface area (Å²) in [7, 11) is 3.34. The van der Waals surface area contributed by atoms with Crippen molar-refractivity contribution in [1.29, 1.82) is 0 Å². The molecule has 1 heterocycles. The predicted molar refractivity (Wildman–Crippen MR) is 84.9 cm³/mol. The fraction of sp³-hybridized carbons (Fsp3) is 0.250. The molecule has 4 heteroatoms. The molecule has 0 aromatic heterocycles. The lowest BCUT2D eigenvalue weighted by Crippen LogP contribution is -1.95. The molecule has 0 bridgehead atoms. The van der Waals surface area contributed by atoms with Crippen molar-refractivity contribution in [2.75, 3.05) is 26.1 Å². The first kappa shape index (κ1) is 13.3. The number of halogens is 1. The molecule has 0 amide bonds. The monoisotopic (exact) mass is 333 g/mol. The second kappa shape index (κ2) is 5.37. The van der Waals surface area contributed by atoms with Crippen LogP contribution in [0.2, 0.25) is 0 Å². The number of nitrogens with one attached hydrogen (secondary N) is 1. The van der Waals surface area contributed by atoms with Crippen molar-refractivity contribution in [3.8, 4) is 22.6 Å². The van der Waals surface area contributed by atoms with Crippen molar-refractivity contribution in [1.82, 2.24) is 0 Å². The third-order valence-corrected chi connectivity index (χ3v) is 4.39. The molecule has 20 heavy (non-hydrogen) atoms. The van der Waals surface area contributed by atoms with E-state index < -0.39 is 0 Å². The lowest BCUT2D eigenvalue weighted by molar-refractivity contribution is 0.390. The summed E-state index contributed by atoms with van der Waals surface area (Å²) in [6.07, 6.45) is 1.04. The van der Waals surface area contributed by atoms with Crippen molar-refractivity contribution in [3.63, 3.8) is 0 Å². The molecule has 2 aromatic rings. The molecule has 0 saturated heterocycles. The average molecular weight is 334 g/mol. The van der Waals surface area contributed by atoms with E-state index in [1.807, 2.05) is 6.07 Å². The summed E-state index contributed by atoms with van der Waals surface area (Å²) in [6, 6.07) is 10.4. The van der Waals surface area contributed by atoms with Gasteiger partial charge in [0, 0.05) is 17.8 Å². The van der Waals surface area contributed by atoms with Gasteiger partial charge in [0.05, 0.1) is 14.2 Å². The fourth-order valence-corrected chi connectivity index (χ4v) is 3.37. The summed E-state index contributed by atoms with van der Waals surface area (Å²) in [4.78, 5) is 0. The first-order chi connectivity index (χ1) is 9.76. The number of hydrogen-bond donors (Lipinski definition) is 1. The number of fused-ring (bicyclic) bond motifs is 1. The number of methoxy groups -OCH3 is 2. The molecule has 3 rings (SSSR count). The van der Waals surface area contributed by atoms with Gasteiger partial charge in [-0.1, -0.05) is 12.1 Å². The van der Waals surface area contributed by atoms with Gasteiger partial charge in [0.1, 0.15) is 16.0 Å². The lowest BCUT2D eigenvalue weighted by Gasteiger charge is -2.15. The highest BCUT2D eigenvalue weighted by molar-refractivity contribution is 9.10. The fourth-order valence-electron chi connectivity index (χ4n) is 2.70. The zero-order valence-electron chi connectivity index (χ0n) is 11.5. The maximum atomic E-state index is 5.59. The number of hydrogen-bond acceptors (Lipinski definition) is 3. The molecule has 2 aromatic carbocycles. The van der Waals surface area contributed by atoms with E-state index in [-0.39, 0.29) is 0 Å². The van der Waals surface area contributed by atoms with Crippen molar-refractivity contribution >= 4 is 21.6 Å². The van der Waals surface area contributed by atoms with Crippen LogP contribution in [0.5, 0.6) is 11.5 Å². The highest BCUT2D eigenvalue weighted by Crippen LogP contribution is 2.44. The summed E-state index contributed by atoms with van der Waals surface area (Å²) in [5.74, 6) is 1.58. The number of rotatable bonds is 3. The van der Waals surface area contributed by atoms with Gasteiger partial charge in [-0.05, 0) is 51.7 Å². The quantitative estimate of drug-likeness (QED) is 0.917. The molecule has 0 spiro atoms. The lowest BCUT2D eigenvalue weighted by atomic mass is 9.97. The summed E-state index contributed by atoms with van der Waals surface area (Å²) < 4.78 is 11.8. The Morgan fingerprint density at radius 1 is 1.05 bits per heavy atom. The molecule has 0 atom stereocenters. The molecule has 0 fully saturated rings. The van der Waals surface area contributed by atoms with E-state index in [9.17, 15) is 0 Å². The second-order valence-electron chi connectivity index (χ2n) is 4.67. The molecule has 3 nitrogen and oxygen atoms in total. The second-order valence-corrected chi connectivity index (χ2v) is 5.46. The van der Waals surface area contributed by atoms with Crippen LogP contribution in [0, 0.1) is 0 Å². The van der Waals surface area contributed by atoms with E-state index in [0.717, 1.165) is 34.5 Å². The summed E-state index contributed by atoms with van der Waals surface area (Å²) in [5, 5.41) is 3.41. The van der Waals surface area contributed by atoms with Crippen molar-refractivity contribution in [2.45, 2.75) is 6.42 Å². The van der Waals surface area contributed by atoms with Crippen LogP contribution in [-0.2, 0) is 6.42 Å². The van der Waals surface area contributed by atoms with Gasteiger partial charge in [-0.15, -0.1) is 0 Å². The molecule has 0 aliphatic carbocycles. The first-order valence-corrected chi connectivity index (χ1v) is 7.32. The minimum Gasteiger partial charge on any atom is -0.495 e. The maximum Gasteiger partial charge on any atom is 0.144 e. The van der Waals surface area contributed by atoms with E-state index in [1.165, 1.54) is 16.8 Å². The van der Waals surface area contributed by atoms with Crippen LogP contribution in [-0.4, -0.2) is 20.8 Å². The Kier molecular flexibility index (Phi) is 3.57. The number of anilines is 1. The molecule has 1 N–H and O–H groups in total. The highest BCUT2D eigenvalue weighted by atomic mass is 79.9. The largest absolute Gasteiger partial charge is 0.495 e. The van der Waals surface area contributed by atoms with Gasteiger partial charge < -0.3 is 14.8 Å². The molecule has 0 unspecified atom stereocenters. The van der Waals surface area contributed by atoms with Gasteiger partial charge in [0.25, 0.3) is 0 Å². The SMILES string of the molecule is COc1ccc(-c2cccc3c2CCN3)c(OC)c1Br. The van der Waals surface area contributed by atoms with Gasteiger partial charge in [-0.25, -0.2) is 0 Å². The molecule has 1 aliphatic heterocycles. The minimum absolute atomic E-state index is 0.774. The Balaban J connectivity index is 2.21. The summed E-state index contributed by atoms with van der Waals surface area (Å²) in [6.45, 7) is 0.992. The smallest absolute Gasteiger partial charge is 0.144 e. The van der Waals surface area contributed by atoms with Crippen LogP contribution in [0.15, 0.2) is 34.8 Å². The summed E-state index contributed by atoms with van der Waals surface area (Å²) in [5.41, 5.74) is 4.87. The van der Waals surface area contributed by atoms with Crippen LogP contribution in [0.1, 0.15) is 5.56 Å². The predicted octanol–water partition coefficient (Wildman–Crippen LogP) is 4.10. The third kappa shape index (κ3) is 2.04. The van der Waals surface area contributed by atoms with Gasteiger partial charge in [-0.3, -0.25) is 0 Å². The maximum absolute atomic E-state index is 5.59. The Labute approximate surface area is 127 Å². The van der Waals surface area contributed by atoms with Gasteiger partial charge in [-0.2, -0.15) is 0 Å². The van der Waals surface area contributed by atoms with Crippen LogP contribution in [0.4, 0.5) is 5.69 Å². The molecular weight excluding hydrogens is 318 g/mol. The Morgan fingerprint density at radius 2 is 1.90 bits per heavy atom. The standard InChI is InChI=1S/C16H16BrNO2/c1-19-14-7-6-12(16(20-2)15(14)17)10-4-3-5-13-11(10)8-9-18-13/h3-7,18H,8-9H2,1-2H3. The topological polar surface area (TPSA) is 30.5 Å². The molecular formula is C16H16BrNO2. The van der Waals surface area contributed by atoms with Gasteiger partial charge in [0.2, 0.25) is 0 Å². The molecule has 0 saturated carbocycles. The van der Waals surface area contributed by atoms with Gasteiger partial charge >= 0.3 is 0 Å². The number of ether oxygens (including phenoxy) is 2. The van der Waals surface area contributed by atoms with E-state index in [0.29, 0.717) is 0 Å².